The second-order valence-electron chi connectivity index (χ2n) is 5.76. The molecule has 0 aliphatic carbocycles. The van der Waals surface area contributed by atoms with Crippen LogP contribution in [0, 0.1) is 11.3 Å². The zero-order valence-corrected chi connectivity index (χ0v) is 14.4. The van der Waals surface area contributed by atoms with E-state index in [4.69, 9.17) is 0 Å². The largest absolute Gasteiger partial charge is 0.394 e. The minimum absolute atomic E-state index is 0.125. The number of nitriles is 1. The van der Waals surface area contributed by atoms with Crippen molar-refractivity contribution in [2.75, 3.05) is 26.0 Å². The third-order valence-corrected chi connectivity index (χ3v) is 3.10. The number of benzene rings is 1. The first kappa shape index (κ1) is 18.8. The van der Waals surface area contributed by atoms with Crippen LogP contribution in [0.15, 0.2) is 23.2 Å². The van der Waals surface area contributed by atoms with Gasteiger partial charge in [-0.15, -0.1) is 0 Å². The highest BCUT2D eigenvalue weighted by Gasteiger charge is 2.18. The average Bonchev–Trinajstić information content (AvgIpc) is 2.52. The molecule has 0 atom stereocenters. The second-order valence-corrected chi connectivity index (χ2v) is 6.33. The molecule has 0 amide bonds. The molecule has 0 bridgehead atoms. The number of aliphatic hydroxyl groups is 1. The molecule has 0 spiro atoms. The fraction of sp³-hybridized carbons (Fsp3) is 0.400. The van der Waals surface area contributed by atoms with Gasteiger partial charge in [-0.25, -0.2) is 9.20 Å². The first-order chi connectivity index (χ1) is 10.8. The Labute approximate surface area is 139 Å². The summed E-state index contributed by atoms with van der Waals surface area (Å²) in [5.41, 5.74) is 0.898. The second kappa shape index (κ2) is 8.43. The lowest BCUT2D eigenvalue weighted by atomic mass is 10.1. The highest BCUT2D eigenvalue weighted by molar-refractivity contribution is 7.66. The van der Waals surface area contributed by atoms with E-state index in [0.717, 1.165) is 0 Å². The monoisotopic (exact) mass is 335 g/mol. The molecule has 1 aromatic rings. The molecule has 23 heavy (non-hydrogen) atoms. The van der Waals surface area contributed by atoms with Crippen LogP contribution in [0.25, 0.3) is 0 Å². The molecule has 1 rings (SSSR count). The SMILES string of the molecule is CN(C)C=Nc1ccc(NC(NC(C)(C)CO)=S=O)cc1C#N. The first-order valence-corrected chi connectivity index (χ1v) is 7.63. The molecule has 7 nitrogen and oxygen atoms in total. The molecule has 0 radical (unpaired) electrons. The van der Waals surface area contributed by atoms with Gasteiger partial charge in [0.25, 0.3) is 0 Å². The van der Waals surface area contributed by atoms with E-state index in [0.29, 0.717) is 16.9 Å². The van der Waals surface area contributed by atoms with Crippen LogP contribution in [0.3, 0.4) is 0 Å². The maximum Gasteiger partial charge on any atom is 0.180 e. The van der Waals surface area contributed by atoms with Gasteiger partial charge in [0, 0.05) is 25.3 Å². The summed E-state index contributed by atoms with van der Waals surface area (Å²) in [5, 5.41) is 24.6. The zero-order valence-electron chi connectivity index (χ0n) is 13.6. The molecule has 0 saturated carbocycles. The van der Waals surface area contributed by atoms with Gasteiger partial charge in [-0.05, 0) is 32.0 Å². The highest BCUT2D eigenvalue weighted by Crippen LogP contribution is 2.22. The lowest BCUT2D eigenvalue weighted by Crippen LogP contribution is -2.48. The Morgan fingerprint density at radius 3 is 2.74 bits per heavy atom. The average molecular weight is 335 g/mol. The summed E-state index contributed by atoms with van der Waals surface area (Å²) in [4.78, 5) is 5.99. The number of hydrogen-bond acceptors (Lipinski definition) is 4. The van der Waals surface area contributed by atoms with Crippen molar-refractivity contribution in [3.05, 3.63) is 23.8 Å². The number of nitrogens with one attached hydrogen (secondary N) is 2. The van der Waals surface area contributed by atoms with Crippen LogP contribution in [0.5, 0.6) is 0 Å². The van der Waals surface area contributed by atoms with Crippen molar-refractivity contribution in [2.24, 2.45) is 4.99 Å². The van der Waals surface area contributed by atoms with Gasteiger partial charge in [0.15, 0.2) is 5.11 Å². The third kappa shape index (κ3) is 6.20. The van der Waals surface area contributed by atoms with Crippen LogP contribution < -0.4 is 10.6 Å². The molecule has 0 saturated heterocycles. The molecule has 0 aromatic heterocycles. The molecule has 0 aliphatic heterocycles. The van der Waals surface area contributed by atoms with Gasteiger partial charge >= 0.3 is 0 Å². The van der Waals surface area contributed by atoms with E-state index in [-0.39, 0.29) is 23.0 Å². The van der Waals surface area contributed by atoms with Crippen LogP contribution in [0.1, 0.15) is 19.4 Å². The van der Waals surface area contributed by atoms with Crippen LogP contribution in [-0.4, -0.2) is 51.9 Å². The standard InChI is InChI=1S/C15H21N5O2S/c1-15(2,9-21)19-14(23-22)18-12-5-6-13(11(7-12)8-16)17-10-20(3)4/h5-7,10,18-19,21H,9H2,1-4H3. The van der Waals surface area contributed by atoms with E-state index < -0.39 is 5.54 Å². The van der Waals surface area contributed by atoms with Crippen LogP contribution in [0.2, 0.25) is 0 Å². The van der Waals surface area contributed by atoms with Crippen LogP contribution in [-0.2, 0) is 11.3 Å². The van der Waals surface area contributed by atoms with Crippen LogP contribution in [0.4, 0.5) is 11.4 Å². The molecule has 8 heteroatoms. The van der Waals surface area contributed by atoms with Gasteiger partial charge in [0.05, 0.1) is 24.2 Å². The fourth-order valence-electron chi connectivity index (χ4n) is 1.54. The Kier molecular flexibility index (Phi) is 6.90. The van der Waals surface area contributed by atoms with E-state index in [9.17, 15) is 14.6 Å². The van der Waals surface area contributed by atoms with Gasteiger partial charge in [-0.3, -0.25) is 5.32 Å². The predicted molar refractivity (Wildman–Crippen MR) is 94.1 cm³/mol. The molecule has 124 valence electrons. The minimum atomic E-state index is -0.631. The van der Waals surface area contributed by atoms with Crippen LogP contribution >= 0.6 is 0 Å². The van der Waals surface area contributed by atoms with Crippen molar-refractivity contribution in [1.29, 1.82) is 5.26 Å². The lowest BCUT2D eigenvalue weighted by Gasteiger charge is -2.24. The smallest absolute Gasteiger partial charge is 0.180 e. The van der Waals surface area contributed by atoms with E-state index in [1.165, 1.54) is 0 Å². The summed E-state index contributed by atoms with van der Waals surface area (Å²) >= 11 is 0.253. The van der Waals surface area contributed by atoms with E-state index >= 15 is 0 Å². The number of rotatable bonds is 5. The number of aliphatic hydroxyl groups excluding tert-OH is 1. The van der Waals surface area contributed by atoms with Gasteiger partial charge in [-0.2, -0.15) is 5.26 Å². The number of hydrogen-bond donors (Lipinski definition) is 3. The quantitative estimate of drug-likeness (QED) is 0.419. The summed E-state index contributed by atoms with van der Waals surface area (Å²) in [5.74, 6) is 0. The molecule has 0 unspecified atom stereocenters. The molecule has 0 fully saturated rings. The Morgan fingerprint density at radius 2 is 2.22 bits per heavy atom. The van der Waals surface area contributed by atoms with E-state index in [1.807, 2.05) is 14.1 Å². The molecule has 1 aromatic carbocycles. The highest BCUT2D eigenvalue weighted by atomic mass is 32.1. The van der Waals surface area contributed by atoms with Gasteiger partial charge in [-0.1, -0.05) is 0 Å². The fourth-order valence-corrected chi connectivity index (χ4v) is 2.02. The zero-order chi connectivity index (χ0) is 17.5. The number of nitrogens with zero attached hydrogens (tertiary/aromatic N) is 3. The van der Waals surface area contributed by atoms with Gasteiger partial charge < -0.3 is 15.3 Å². The number of aliphatic imine (C=N–C) groups is 1. The molecule has 0 aliphatic rings. The summed E-state index contributed by atoms with van der Waals surface area (Å²) in [7, 11) is 3.68. The Morgan fingerprint density at radius 1 is 1.52 bits per heavy atom. The Hall–Kier alpha value is -2.21. The van der Waals surface area contributed by atoms with Gasteiger partial charge in [0.2, 0.25) is 0 Å². The Bertz CT molecular complexity index is 673. The molecular formula is C15H21N5O2S. The predicted octanol–water partition coefficient (Wildman–Crippen LogP) is 0.852. The van der Waals surface area contributed by atoms with Crippen molar-refractivity contribution in [2.45, 2.75) is 19.4 Å². The van der Waals surface area contributed by atoms with Crippen molar-refractivity contribution >= 4 is 34.1 Å². The van der Waals surface area contributed by atoms with Gasteiger partial charge in [0.1, 0.15) is 17.3 Å². The van der Waals surface area contributed by atoms with Crippen molar-refractivity contribution in [3.8, 4) is 6.07 Å². The summed E-state index contributed by atoms with van der Waals surface area (Å²) < 4.78 is 11.2. The molecule has 0 heterocycles. The van der Waals surface area contributed by atoms with Crippen molar-refractivity contribution < 1.29 is 9.32 Å². The number of anilines is 1. The molecular weight excluding hydrogens is 314 g/mol. The normalized spacial score (nSPS) is 11.1. The maximum atomic E-state index is 11.2. The summed E-state index contributed by atoms with van der Waals surface area (Å²) in [6.07, 6.45) is 1.61. The lowest BCUT2D eigenvalue weighted by molar-refractivity contribution is 0.207. The van der Waals surface area contributed by atoms with E-state index in [1.54, 1.807) is 43.3 Å². The third-order valence-electron chi connectivity index (χ3n) is 2.73. The van der Waals surface area contributed by atoms with Crippen molar-refractivity contribution in [1.82, 2.24) is 10.2 Å². The summed E-state index contributed by atoms with van der Waals surface area (Å²) in [6, 6.07) is 7.13. The minimum Gasteiger partial charge on any atom is -0.394 e. The maximum absolute atomic E-state index is 11.2. The summed E-state index contributed by atoms with van der Waals surface area (Å²) in [6.45, 7) is 3.41. The first-order valence-electron chi connectivity index (χ1n) is 6.89. The topological polar surface area (TPSA) is 101 Å². The molecule has 3 N–H and O–H groups in total. The van der Waals surface area contributed by atoms with Crippen molar-refractivity contribution in [3.63, 3.8) is 0 Å². The van der Waals surface area contributed by atoms with E-state index in [2.05, 4.69) is 21.7 Å². The Balaban J connectivity index is 2.98.